The Morgan fingerprint density at radius 2 is 1.70 bits per heavy atom. The van der Waals surface area contributed by atoms with Crippen LogP contribution in [-0.4, -0.2) is 77.0 Å². The summed E-state index contributed by atoms with van der Waals surface area (Å²) in [4.78, 5) is 43.3. The van der Waals surface area contributed by atoms with E-state index in [1.54, 1.807) is 42.3 Å². The van der Waals surface area contributed by atoms with Crippen molar-refractivity contribution in [3.05, 3.63) is 72.3 Å². The lowest BCUT2D eigenvalue weighted by Crippen LogP contribution is -2.75. The molecule has 230 valence electrons. The molecule has 2 atom stereocenters. The molecule has 2 aliphatic heterocycles. The third-order valence-corrected chi connectivity index (χ3v) is 9.38. The Kier molecular flexibility index (Phi) is 9.82. The molecule has 0 unspecified atom stereocenters. The Balaban J connectivity index is 1.19. The number of rotatable bonds is 10. The summed E-state index contributed by atoms with van der Waals surface area (Å²) in [5, 5.41) is 16.7. The zero-order valence-corrected chi connectivity index (χ0v) is 25.1. The molecule has 43 heavy (non-hydrogen) atoms. The second-order valence-corrected chi connectivity index (χ2v) is 12.1. The minimum absolute atomic E-state index is 0.0477. The zero-order chi connectivity index (χ0) is 30.4. The Labute approximate surface area is 254 Å². The van der Waals surface area contributed by atoms with Crippen LogP contribution in [0.4, 0.5) is 0 Å². The number of ether oxygens (including phenoxy) is 1. The molecular formula is C34H44N4O5. The number of nitrogens with zero attached hydrogens (tertiary/aromatic N) is 2. The smallest absolute Gasteiger partial charge is 0.251 e. The predicted octanol–water partition coefficient (Wildman–Crippen LogP) is 4.02. The summed E-state index contributed by atoms with van der Waals surface area (Å²) in [7, 11) is 1.60. The van der Waals surface area contributed by atoms with Gasteiger partial charge < -0.3 is 25.4 Å². The van der Waals surface area contributed by atoms with Gasteiger partial charge in [-0.05, 0) is 80.0 Å². The van der Waals surface area contributed by atoms with Crippen molar-refractivity contribution in [3.8, 4) is 11.5 Å². The zero-order valence-electron chi connectivity index (χ0n) is 25.1. The van der Waals surface area contributed by atoms with E-state index in [0.29, 0.717) is 56.0 Å². The summed E-state index contributed by atoms with van der Waals surface area (Å²) in [6.45, 7) is 6.34. The molecule has 9 heteroatoms. The quantitative estimate of drug-likeness (QED) is 0.362. The lowest BCUT2D eigenvalue weighted by Gasteiger charge is -2.52. The van der Waals surface area contributed by atoms with E-state index in [4.69, 9.17) is 4.74 Å². The largest absolute Gasteiger partial charge is 0.457 e. The van der Waals surface area contributed by atoms with E-state index in [0.717, 1.165) is 44.2 Å². The first-order valence-corrected chi connectivity index (χ1v) is 15.6. The summed E-state index contributed by atoms with van der Waals surface area (Å²) in [5.74, 6) is 0.960. The van der Waals surface area contributed by atoms with Crippen LogP contribution in [0, 0.1) is 5.92 Å². The second kappa shape index (κ2) is 13.7. The van der Waals surface area contributed by atoms with E-state index in [1.807, 2.05) is 24.3 Å². The fraction of sp³-hybridized carbons (Fsp3) is 0.500. The Morgan fingerprint density at radius 1 is 1.07 bits per heavy atom. The lowest BCUT2D eigenvalue weighted by molar-refractivity contribution is -0.165. The van der Waals surface area contributed by atoms with Gasteiger partial charge in [-0.15, -0.1) is 6.58 Å². The maximum atomic E-state index is 13.8. The molecule has 0 aromatic heterocycles. The number of aliphatic hydroxyl groups excluding tert-OH is 1. The first-order valence-electron chi connectivity index (χ1n) is 15.6. The molecule has 2 aromatic rings. The van der Waals surface area contributed by atoms with Crippen LogP contribution in [0.1, 0.15) is 67.3 Å². The normalized spacial score (nSPS) is 21.7. The highest BCUT2D eigenvalue weighted by Crippen LogP contribution is 2.36. The summed E-state index contributed by atoms with van der Waals surface area (Å²) in [6, 6.07) is 14.0. The number of piperidine rings is 1. The minimum Gasteiger partial charge on any atom is -0.457 e. The molecule has 2 aromatic carbocycles. The standard InChI is InChI=1S/C34H44N4O5/c1-3-4-20-38-32(41)29(30(39)25-8-6-5-7-9-25)36-33(42)34(38)18-21-37(22-19-34)23-24-10-14-27(15-11-24)43-28-16-12-26(13-17-28)31(40)35-2/h3,10-17,25,29-30,39H,1,4-9,18-23H2,2H3,(H,35,40)(H,36,42)/t29-,30-/m1/s1. The van der Waals surface area contributed by atoms with E-state index in [9.17, 15) is 19.5 Å². The number of likely N-dealkylation sites (tertiary alicyclic amines) is 1. The van der Waals surface area contributed by atoms with Crippen LogP contribution < -0.4 is 15.4 Å². The third kappa shape index (κ3) is 6.78. The summed E-state index contributed by atoms with van der Waals surface area (Å²) in [6.07, 6.45) is 7.68. The number of carbonyl (C=O) groups is 3. The molecule has 3 aliphatic rings. The molecular weight excluding hydrogens is 544 g/mol. The predicted molar refractivity (Wildman–Crippen MR) is 165 cm³/mol. The van der Waals surface area contributed by atoms with Gasteiger partial charge in [-0.3, -0.25) is 19.3 Å². The van der Waals surface area contributed by atoms with E-state index in [-0.39, 0.29) is 23.6 Å². The van der Waals surface area contributed by atoms with Crippen molar-refractivity contribution in [2.75, 3.05) is 26.7 Å². The van der Waals surface area contributed by atoms with Gasteiger partial charge in [-0.1, -0.05) is 37.5 Å². The number of hydrogen-bond acceptors (Lipinski definition) is 6. The maximum Gasteiger partial charge on any atom is 0.251 e. The van der Waals surface area contributed by atoms with E-state index in [2.05, 4.69) is 22.1 Å². The van der Waals surface area contributed by atoms with Crippen molar-refractivity contribution in [2.24, 2.45) is 5.92 Å². The number of amides is 3. The van der Waals surface area contributed by atoms with Gasteiger partial charge in [0.15, 0.2) is 0 Å². The topological polar surface area (TPSA) is 111 Å². The van der Waals surface area contributed by atoms with Gasteiger partial charge >= 0.3 is 0 Å². The van der Waals surface area contributed by atoms with Gasteiger partial charge in [0.2, 0.25) is 11.8 Å². The molecule has 0 bridgehead atoms. The van der Waals surface area contributed by atoms with Crippen LogP contribution in [0.2, 0.25) is 0 Å². The molecule has 5 rings (SSSR count). The monoisotopic (exact) mass is 588 g/mol. The highest BCUT2D eigenvalue weighted by Gasteiger charge is 2.55. The average Bonchev–Trinajstić information content (AvgIpc) is 3.04. The van der Waals surface area contributed by atoms with Crippen molar-refractivity contribution in [2.45, 2.75) is 75.6 Å². The highest BCUT2D eigenvalue weighted by atomic mass is 16.5. The van der Waals surface area contributed by atoms with Crippen LogP contribution >= 0.6 is 0 Å². The molecule has 1 saturated carbocycles. The lowest BCUT2D eigenvalue weighted by atomic mass is 9.78. The van der Waals surface area contributed by atoms with Gasteiger partial charge in [-0.2, -0.15) is 0 Å². The molecule has 2 heterocycles. The van der Waals surface area contributed by atoms with E-state index < -0.39 is 17.7 Å². The first kappa shape index (κ1) is 30.8. The summed E-state index contributed by atoms with van der Waals surface area (Å²) in [5.41, 5.74) is 0.802. The molecule has 3 N–H and O–H groups in total. The molecule has 9 nitrogen and oxygen atoms in total. The van der Waals surface area contributed by atoms with Gasteiger partial charge in [-0.25, -0.2) is 0 Å². The Hall–Kier alpha value is -3.69. The number of piperazine rings is 1. The van der Waals surface area contributed by atoms with Crippen molar-refractivity contribution >= 4 is 17.7 Å². The number of nitrogens with one attached hydrogen (secondary N) is 2. The number of benzene rings is 2. The summed E-state index contributed by atoms with van der Waals surface area (Å²) >= 11 is 0. The second-order valence-electron chi connectivity index (χ2n) is 12.1. The molecule has 3 fully saturated rings. The minimum atomic E-state index is -0.898. The molecule has 1 spiro atoms. The number of aliphatic hydroxyl groups is 1. The van der Waals surface area contributed by atoms with Crippen molar-refractivity contribution in [1.29, 1.82) is 0 Å². The van der Waals surface area contributed by atoms with Gasteiger partial charge in [0.1, 0.15) is 23.1 Å². The van der Waals surface area contributed by atoms with Crippen LogP contribution in [0.3, 0.4) is 0 Å². The highest BCUT2D eigenvalue weighted by molar-refractivity contribution is 6.00. The number of carbonyl (C=O) groups excluding carboxylic acids is 3. The van der Waals surface area contributed by atoms with Gasteiger partial charge in [0.05, 0.1) is 6.10 Å². The number of hydrogen-bond donors (Lipinski definition) is 3. The molecule has 2 saturated heterocycles. The van der Waals surface area contributed by atoms with E-state index in [1.165, 1.54) is 0 Å². The maximum absolute atomic E-state index is 13.8. The van der Waals surface area contributed by atoms with E-state index >= 15 is 0 Å². The van der Waals surface area contributed by atoms with Crippen LogP contribution in [-0.2, 0) is 16.1 Å². The van der Waals surface area contributed by atoms with Gasteiger partial charge in [0, 0.05) is 38.8 Å². The van der Waals surface area contributed by atoms with Crippen LogP contribution in [0.5, 0.6) is 11.5 Å². The van der Waals surface area contributed by atoms with Crippen LogP contribution in [0.15, 0.2) is 61.2 Å². The van der Waals surface area contributed by atoms with Crippen molar-refractivity contribution in [3.63, 3.8) is 0 Å². The molecule has 1 aliphatic carbocycles. The van der Waals surface area contributed by atoms with Gasteiger partial charge in [0.25, 0.3) is 5.91 Å². The summed E-state index contributed by atoms with van der Waals surface area (Å²) < 4.78 is 5.94. The average molecular weight is 589 g/mol. The fourth-order valence-electron chi connectivity index (χ4n) is 6.82. The Bertz CT molecular complexity index is 1280. The van der Waals surface area contributed by atoms with Crippen molar-refractivity contribution < 1.29 is 24.2 Å². The van der Waals surface area contributed by atoms with Crippen molar-refractivity contribution in [1.82, 2.24) is 20.4 Å². The SMILES string of the molecule is C=CCCN1C(=O)[C@@H]([C@H](O)C2CCCCC2)NC(=O)C12CCN(Cc1ccc(Oc3ccc(C(=O)NC)cc3)cc1)CC2. The third-order valence-electron chi connectivity index (χ3n) is 9.38. The first-order chi connectivity index (χ1) is 20.8. The molecule has 3 amide bonds. The molecule has 0 radical (unpaired) electrons. The Morgan fingerprint density at radius 3 is 2.30 bits per heavy atom. The fourth-order valence-corrected chi connectivity index (χ4v) is 6.82. The van der Waals surface area contributed by atoms with Crippen LogP contribution in [0.25, 0.3) is 0 Å².